The van der Waals surface area contributed by atoms with Crippen molar-refractivity contribution in [3.63, 3.8) is 0 Å². The molecule has 0 aliphatic rings. The minimum Gasteiger partial charge on any atom is -0.491 e. The maximum atomic E-state index is 11.9. The molecule has 2 rings (SSSR count). The van der Waals surface area contributed by atoms with Gasteiger partial charge in [0.05, 0.1) is 24.0 Å². The number of amides is 1. The van der Waals surface area contributed by atoms with Crippen molar-refractivity contribution in [2.75, 3.05) is 0 Å². The first-order valence-electron chi connectivity index (χ1n) is 6.66. The summed E-state index contributed by atoms with van der Waals surface area (Å²) in [5.74, 6) is 0.686. The largest absolute Gasteiger partial charge is 0.491 e. The standard InChI is InChI=1S/C16H19NO3/c1-11(2)20-15-6-4-13(5-7-15)12(3)17-16(18)14-8-9-19-10-14/h4-12H,1-3H3,(H,17,18). The van der Waals surface area contributed by atoms with Crippen LogP contribution in [0.4, 0.5) is 0 Å². The van der Waals surface area contributed by atoms with Crippen LogP contribution in [0.1, 0.15) is 42.7 Å². The molecule has 4 nitrogen and oxygen atoms in total. The Morgan fingerprint density at radius 2 is 1.85 bits per heavy atom. The van der Waals surface area contributed by atoms with Crippen molar-refractivity contribution in [3.05, 3.63) is 54.0 Å². The van der Waals surface area contributed by atoms with E-state index in [4.69, 9.17) is 9.15 Å². The Labute approximate surface area is 118 Å². The lowest BCUT2D eigenvalue weighted by atomic mass is 10.1. The maximum absolute atomic E-state index is 11.9. The fourth-order valence-corrected chi connectivity index (χ4v) is 1.86. The van der Waals surface area contributed by atoms with Crippen molar-refractivity contribution in [2.45, 2.75) is 32.9 Å². The Hall–Kier alpha value is -2.23. The molecule has 1 heterocycles. The van der Waals surface area contributed by atoms with Crippen LogP contribution < -0.4 is 10.1 Å². The van der Waals surface area contributed by atoms with E-state index in [0.29, 0.717) is 5.56 Å². The van der Waals surface area contributed by atoms with Gasteiger partial charge in [0, 0.05) is 0 Å². The van der Waals surface area contributed by atoms with Gasteiger partial charge in [-0.15, -0.1) is 0 Å². The number of hydrogen-bond donors (Lipinski definition) is 1. The summed E-state index contributed by atoms with van der Waals surface area (Å²) in [6.45, 7) is 5.92. The van der Waals surface area contributed by atoms with Crippen molar-refractivity contribution < 1.29 is 13.9 Å². The number of benzene rings is 1. The molecular weight excluding hydrogens is 254 g/mol. The number of furan rings is 1. The number of nitrogens with one attached hydrogen (secondary N) is 1. The third-order valence-corrected chi connectivity index (χ3v) is 2.88. The second-order valence-electron chi connectivity index (χ2n) is 4.94. The molecule has 1 unspecified atom stereocenters. The number of ether oxygens (including phenoxy) is 1. The summed E-state index contributed by atoms with van der Waals surface area (Å²) in [6.07, 6.45) is 3.07. The maximum Gasteiger partial charge on any atom is 0.255 e. The Balaban J connectivity index is 1.98. The Morgan fingerprint density at radius 3 is 2.40 bits per heavy atom. The molecule has 1 amide bonds. The molecule has 2 aromatic rings. The third-order valence-electron chi connectivity index (χ3n) is 2.88. The van der Waals surface area contributed by atoms with Crippen LogP contribution >= 0.6 is 0 Å². The summed E-state index contributed by atoms with van der Waals surface area (Å²) >= 11 is 0. The van der Waals surface area contributed by atoms with Gasteiger partial charge in [0.2, 0.25) is 0 Å². The molecule has 0 aliphatic heterocycles. The molecule has 0 bridgehead atoms. The van der Waals surface area contributed by atoms with Gasteiger partial charge >= 0.3 is 0 Å². The quantitative estimate of drug-likeness (QED) is 0.906. The monoisotopic (exact) mass is 273 g/mol. The van der Waals surface area contributed by atoms with E-state index in [9.17, 15) is 4.79 Å². The van der Waals surface area contributed by atoms with E-state index >= 15 is 0 Å². The molecule has 20 heavy (non-hydrogen) atoms. The van der Waals surface area contributed by atoms with Crippen LogP contribution in [-0.2, 0) is 0 Å². The van der Waals surface area contributed by atoms with Crippen LogP contribution in [0.2, 0.25) is 0 Å². The SMILES string of the molecule is CC(C)Oc1ccc(C(C)NC(=O)c2ccoc2)cc1. The van der Waals surface area contributed by atoms with Gasteiger partial charge in [-0.2, -0.15) is 0 Å². The average molecular weight is 273 g/mol. The van der Waals surface area contributed by atoms with E-state index in [1.807, 2.05) is 45.0 Å². The van der Waals surface area contributed by atoms with Crippen LogP contribution in [0.3, 0.4) is 0 Å². The molecule has 1 N–H and O–H groups in total. The molecule has 106 valence electrons. The molecule has 1 atom stereocenters. The highest BCUT2D eigenvalue weighted by atomic mass is 16.5. The van der Waals surface area contributed by atoms with E-state index in [2.05, 4.69) is 5.32 Å². The van der Waals surface area contributed by atoms with Gasteiger partial charge in [0.25, 0.3) is 5.91 Å². The molecule has 1 aromatic heterocycles. The third kappa shape index (κ3) is 3.63. The highest BCUT2D eigenvalue weighted by Gasteiger charge is 2.12. The van der Waals surface area contributed by atoms with E-state index in [0.717, 1.165) is 11.3 Å². The molecule has 0 aliphatic carbocycles. The molecule has 1 aromatic carbocycles. The minimum atomic E-state index is -0.145. The summed E-state index contributed by atoms with van der Waals surface area (Å²) in [5, 5.41) is 2.92. The summed E-state index contributed by atoms with van der Waals surface area (Å²) in [6, 6.07) is 9.30. The van der Waals surface area contributed by atoms with Crippen molar-refractivity contribution >= 4 is 5.91 Å². The van der Waals surface area contributed by atoms with Gasteiger partial charge in [-0.05, 0) is 44.5 Å². The van der Waals surface area contributed by atoms with Crippen molar-refractivity contribution in [3.8, 4) is 5.75 Å². The highest BCUT2D eigenvalue weighted by molar-refractivity contribution is 5.94. The van der Waals surface area contributed by atoms with Gasteiger partial charge < -0.3 is 14.5 Å². The molecule has 0 saturated carbocycles. The fraction of sp³-hybridized carbons (Fsp3) is 0.312. The fourth-order valence-electron chi connectivity index (χ4n) is 1.86. The van der Waals surface area contributed by atoms with Crippen molar-refractivity contribution in [2.24, 2.45) is 0 Å². The van der Waals surface area contributed by atoms with Crippen molar-refractivity contribution in [1.29, 1.82) is 0 Å². The van der Waals surface area contributed by atoms with Crippen LogP contribution in [0.25, 0.3) is 0 Å². The zero-order valence-corrected chi connectivity index (χ0v) is 11.9. The lowest BCUT2D eigenvalue weighted by Gasteiger charge is -2.15. The topological polar surface area (TPSA) is 51.5 Å². The van der Waals surface area contributed by atoms with E-state index in [1.165, 1.54) is 12.5 Å². The van der Waals surface area contributed by atoms with Gasteiger partial charge in [-0.1, -0.05) is 12.1 Å². The molecule has 0 saturated heterocycles. The molecular formula is C16H19NO3. The normalized spacial score (nSPS) is 12.2. The van der Waals surface area contributed by atoms with Crippen LogP contribution in [0.5, 0.6) is 5.75 Å². The van der Waals surface area contributed by atoms with Crippen LogP contribution in [0.15, 0.2) is 47.3 Å². The summed E-state index contributed by atoms with van der Waals surface area (Å²) in [4.78, 5) is 11.9. The minimum absolute atomic E-state index is 0.0782. The van der Waals surface area contributed by atoms with E-state index in [-0.39, 0.29) is 18.1 Å². The lowest BCUT2D eigenvalue weighted by Crippen LogP contribution is -2.26. The Morgan fingerprint density at radius 1 is 1.15 bits per heavy atom. The first-order chi connectivity index (χ1) is 9.56. The smallest absolute Gasteiger partial charge is 0.255 e. The second-order valence-corrected chi connectivity index (χ2v) is 4.94. The molecule has 0 radical (unpaired) electrons. The molecule has 0 spiro atoms. The summed E-state index contributed by atoms with van der Waals surface area (Å²) in [7, 11) is 0. The average Bonchev–Trinajstić information content (AvgIpc) is 2.92. The molecule has 4 heteroatoms. The lowest BCUT2D eigenvalue weighted by molar-refractivity contribution is 0.0939. The predicted molar refractivity (Wildman–Crippen MR) is 76.8 cm³/mol. The summed E-state index contributed by atoms with van der Waals surface area (Å²) < 4.78 is 10.5. The van der Waals surface area contributed by atoms with Crippen LogP contribution in [-0.4, -0.2) is 12.0 Å². The first kappa shape index (κ1) is 14.2. The zero-order valence-electron chi connectivity index (χ0n) is 11.9. The number of carbonyl (C=O) groups excluding carboxylic acids is 1. The van der Waals surface area contributed by atoms with E-state index < -0.39 is 0 Å². The zero-order chi connectivity index (χ0) is 14.5. The second kappa shape index (κ2) is 6.28. The predicted octanol–water partition coefficient (Wildman–Crippen LogP) is 3.56. The van der Waals surface area contributed by atoms with Gasteiger partial charge in [0.1, 0.15) is 12.0 Å². The van der Waals surface area contributed by atoms with E-state index in [1.54, 1.807) is 6.07 Å². The number of hydrogen-bond acceptors (Lipinski definition) is 3. The molecule has 0 fully saturated rings. The summed E-state index contributed by atoms with van der Waals surface area (Å²) in [5.41, 5.74) is 1.55. The number of rotatable bonds is 5. The number of carbonyl (C=O) groups is 1. The van der Waals surface area contributed by atoms with Gasteiger partial charge in [-0.25, -0.2) is 0 Å². The first-order valence-corrected chi connectivity index (χ1v) is 6.66. The highest BCUT2D eigenvalue weighted by Crippen LogP contribution is 2.19. The Bertz CT molecular complexity index is 544. The van der Waals surface area contributed by atoms with Crippen molar-refractivity contribution in [1.82, 2.24) is 5.32 Å². The van der Waals surface area contributed by atoms with Gasteiger partial charge in [0.15, 0.2) is 0 Å². The van der Waals surface area contributed by atoms with Gasteiger partial charge in [-0.3, -0.25) is 4.79 Å². The Kier molecular flexibility index (Phi) is 4.45. The van der Waals surface area contributed by atoms with Crippen LogP contribution in [0, 0.1) is 0 Å².